The maximum atomic E-state index is 12.8. The van der Waals surface area contributed by atoms with Crippen LogP contribution < -0.4 is 5.32 Å². The van der Waals surface area contributed by atoms with Crippen molar-refractivity contribution in [1.29, 1.82) is 0 Å². The molecule has 2 aromatic carbocycles. The Kier molecular flexibility index (Phi) is 4.95. The molecule has 0 atom stereocenters. The normalized spacial score (nSPS) is 11.2. The van der Waals surface area contributed by atoms with E-state index >= 15 is 0 Å². The van der Waals surface area contributed by atoms with E-state index in [1.807, 2.05) is 67.6 Å². The summed E-state index contributed by atoms with van der Waals surface area (Å²) < 4.78 is 0. The highest BCUT2D eigenvalue weighted by molar-refractivity contribution is 6.29. The van der Waals surface area contributed by atoms with Crippen molar-refractivity contribution in [1.82, 2.24) is 5.32 Å². The number of nitrogens with one attached hydrogen (secondary N) is 1. The Morgan fingerprint density at radius 1 is 1.00 bits per heavy atom. The van der Waals surface area contributed by atoms with Crippen LogP contribution in [0.1, 0.15) is 22.8 Å². The topological polar surface area (TPSA) is 29.1 Å². The number of hydrogen-bond acceptors (Lipinski definition) is 2. The second-order valence-corrected chi connectivity index (χ2v) is 4.62. The summed E-state index contributed by atoms with van der Waals surface area (Å²) >= 11 is 0. The zero-order valence-electron chi connectivity index (χ0n) is 12.0. The molecule has 104 valence electrons. The predicted molar refractivity (Wildman–Crippen MR) is 86.6 cm³/mol. The number of benzene rings is 2. The molecule has 0 aromatic heterocycles. The van der Waals surface area contributed by atoms with Gasteiger partial charge in [-0.05, 0) is 12.5 Å². The van der Waals surface area contributed by atoms with Crippen LogP contribution in [-0.2, 0) is 0 Å². The lowest BCUT2D eigenvalue weighted by atomic mass is 9.95. The summed E-state index contributed by atoms with van der Waals surface area (Å²) in [6, 6.07) is 18.9. The molecule has 0 saturated carbocycles. The van der Waals surface area contributed by atoms with Crippen LogP contribution in [0.2, 0.25) is 0 Å². The van der Waals surface area contributed by atoms with Gasteiger partial charge >= 0.3 is 0 Å². The van der Waals surface area contributed by atoms with Crippen molar-refractivity contribution in [3.05, 3.63) is 77.5 Å². The molecule has 0 bridgehead atoms. The lowest BCUT2D eigenvalue weighted by molar-refractivity contribution is 0.105. The third kappa shape index (κ3) is 3.61. The average Bonchev–Trinajstić information content (AvgIpc) is 2.55. The van der Waals surface area contributed by atoms with Gasteiger partial charge in [0.05, 0.1) is 6.54 Å². The Hall–Kier alpha value is -2.79. The minimum absolute atomic E-state index is 0.0104. The van der Waals surface area contributed by atoms with Crippen molar-refractivity contribution < 1.29 is 4.79 Å². The Morgan fingerprint density at radius 2 is 1.52 bits per heavy atom. The van der Waals surface area contributed by atoms with Crippen molar-refractivity contribution in [3.8, 4) is 12.3 Å². The molecule has 0 unspecified atom stereocenters. The lowest BCUT2D eigenvalue weighted by Gasteiger charge is -2.13. The zero-order chi connectivity index (χ0) is 15.1. The molecule has 0 heterocycles. The first-order valence-corrected chi connectivity index (χ1v) is 6.77. The first kappa shape index (κ1) is 14.6. The third-order valence-corrected chi connectivity index (χ3v) is 3.16. The molecule has 0 aliphatic carbocycles. The van der Waals surface area contributed by atoms with E-state index in [-0.39, 0.29) is 5.78 Å². The quantitative estimate of drug-likeness (QED) is 0.514. The Morgan fingerprint density at radius 3 is 2.05 bits per heavy atom. The highest BCUT2D eigenvalue weighted by Crippen LogP contribution is 2.22. The minimum atomic E-state index is -0.0104. The fourth-order valence-corrected chi connectivity index (χ4v) is 2.13. The SMILES string of the molecule is C#CCN/C(C)=C(\C(=O)c1ccccc1)c1ccccc1. The fourth-order valence-electron chi connectivity index (χ4n) is 2.13. The molecule has 2 aromatic rings. The highest BCUT2D eigenvalue weighted by Gasteiger charge is 2.16. The molecule has 0 radical (unpaired) electrons. The number of carbonyl (C=O) groups excluding carboxylic acids is 1. The largest absolute Gasteiger partial charge is 0.377 e. The summed E-state index contributed by atoms with van der Waals surface area (Å²) in [5.41, 5.74) is 2.98. The summed E-state index contributed by atoms with van der Waals surface area (Å²) in [5.74, 6) is 2.52. The Balaban J connectivity index is 2.47. The van der Waals surface area contributed by atoms with Gasteiger partial charge < -0.3 is 5.32 Å². The van der Waals surface area contributed by atoms with E-state index in [1.54, 1.807) is 0 Å². The van der Waals surface area contributed by atoms with Gasteiger partial charge in [-0.15, -0.1) is 6.42 Å². The van der Waals surface area contributed by atoms with Crippen LogP contribution in [0.3, 0.4) is 0 Å². The van der Waals surface area contributed by atoms with Crippen LogP contribution >= 0.6 is 0 Å². The second kappa shape index (κ2) is 7.12. The van der Waals surface area contributed by atoms with Crippen molar-refractivity contribution >= 4 is 11.4 Å². The second-order valence-electron chi connectivity index (χ2n) is 4.62. The van der Waals surface area contributed by atoms with Crippen LogP contribution in [0.15, 0.2) is 66.4 Å². The predicted octanol–water partition coefficient (Wildman–Crippen LogP) is 3.52. The molecule has 2 nitrogen and oxygen atoms in total. The zero-order valence-corrected chi connectivity index (χ0v) is 12.0. The van der Waals surface area contributed by atoms with Crippen LogP contribution in [0, 0.1) is 12.3 Å². The Labute approximate surface area is 125 Å². The maximum absolute atomic E-state index is 12.8. The number of allylic oxidation sites excluding steroid dienone is 2. The van der Waals surface area contributed by atoms with Gasteiger partial charge in [-0.2, -0.15) is 0 Å². The number of terminal acetylenes is 1. The summed E-state index contributed by atoms with van der Waals surface area (Å²) in [5, 5.41) is 3.10. The van der Waals surface area contributed by atoms with E-state index < -0.39 is 0 Å². The maximum Gasteiger partial charge on any atom is 0.195 e. The van der Waals surface area contributed by atoms with Crippen molar-refractivity contribution in [2.75, 3.05) is 6.54 Å². The van der Waals surface area contributed by atoms with Crippen LogP contribution in [0.5, 0.6) is 0 Å². The molecule has 0 spiro atoms. The van der Waals surface area contributed by atoms with Gasteiger partial charge in [-0.3, -0.25) is 4.79 Å². The molecular weight excluding hydrogens is 258 g/mol. The minimum Gasteiger partial charge on any atom is -0.377 e. The van der Waals surface area contributed by atoms with Gasteiger partial charge in [0.2, 0.25) is 0 Å². The number of rotatable bonds is 5. The van der Waals surface area contributed by atoms with E-state index in [9.17, 15) is 4.79 Å². The fraction of sp³-hybridized carbons (Fsp3) is 0.105. The van der Waals surface area contributed by atoms with Crippen molar-refractivity contribution in [2.24, 2.45) is 0 Å². The number of carbonyl (C=O) groups is 1. The summed E-state index contributed by atoms with van der Waals surface area (Å²) in [7, 11) is 0. The van der Waals surface area contributed by atoms with Crippen LogP contribution in [0.25, 0.3) is 5.57 Å². The molecule has 0 fully saturated rings. The molecule has 1 N–H and O–H groups in total. The molecule has 0 amide bonds. The van der Waals surface area contributed by atoms with E-state index in [1.165, 1.54) is 0 Å². The van der Waals surface area contributed by atoms with Gasteiger partial charge in [0.1, 0.15) is 0 Å². The van der Waals surface area contributed by atoms with E-state index in [0.29, 0.717) is 17.7 Å². The Bertz CT molecular complexity index is 679. The van der Waals surface area contributed by atoms with Gasteiger partial charge in [-0.25, -0.2) is 0 Å². The number of hydrogen-bond donors (Lipinski definition) is 1. The molecule has 0 aliphatic heterocycles. The summed E-state index contributed by atoms with van der Waals surface area (Å²) in [6.07, 6.45) is 5.28. The van der Waals surface area contributed by atoms with Gasteiger partial charge in [0, 0.05) is 16.8 Å². The number of Topliss-reactive ketones (excluding diaryl/α,β-unsaturated/α-hetero) is 1. The van der Waals surface area contributed by atoms with E-state index in [2.05, 4.69) is 11.2 Å². The van der Waals surface area contributed by atoms with E-state index in [0.717, 1.165) is 11.3 Å². The summed E-state index contributed by atoms with van der Waals surface area (Å²) in [4.78, 5) is 12.8. The molecule has 0 aliphatic rings. The van der Waals surface area contributed by atoms with E-state index in [4.69, 9.17) is 6.42 Å². The smallest absolute Gasteiger partial charge is 0.195 e. The van der Waals surface area contributed by atoms with Gasteiger partial charge in [0.15, 0.2) is 5.78 Å². The lowest BCUT2D eigenvalue weighted by Crippen LogP contribution is -2.16. The average molecular weight is 275 g/mol. The molecule has 0 saturated heterocycles. The van der Waals surface area contributed by atoms with Crippen molar-refractivity contribution in [3.63, 3.8) is 0 Å². The number of ketones is 1. The third-order valence-electron chi connectivity index (χ3n) is 3.16. The van der Waals surface area contributed by atoms with Crippen molar-refractivity contribution in [2.45, 2.75) is 6.92 Å². The molecular formula is C19H17NO. The van der Waals surface area contributed by atoms with Crippen LogP contribution in [0.4, 0.5) is 0 Å². The monoisotopic (exact) mass is 275 g/mol. The summed E-state index contributed by atoms with van der Waals surface area (Å²) in [6.45, 7) is 2.27. The standard InChI is InChI=1S/C19H17NO/c1-3-14-20-15(2)18(16-10-6-4-7-11-16)19(21)17-12-8-5-9-13-17/h1,4-13,20H,14H2,2H3/b18-15-. The van der Waals surface area contributed by atoms with Crippen LogP contribution in [-0.4, -0.2) is 12.3 Å². The van der Waals surface area contributed by atoms with Gasteiger partial charge in [0.25, 0.3) is 0 Å². The highest BCUT2D eigenvalue weighted by atomic mass is 16.1. The van der Waals surface area contributed by atoms with Gasteiger partial charge in [-0.1, -0.05) is 66.6 Å². The molecule has 2 heteroatoms. The first-order chi connectivity index (χ1) is 10.2. The molecule has 2 rings (SSSR count). The molecule has 21 heavy (non-hydrogen) atoms. The first-order valence-electron chi connectivity index (χ1n) is 6.77.